The van der Waals surface area contributed by atoms with Crippen LogP contribution in [0.4, 0.5) is 0 Å². The van der Waals surface area contributed by atoms with Crippen LogP contribution < -0.4 is 5.32 Å². The molecule has 1 aromatic carbocycles. The summed E-state index contributed by atoms with van der Waals surface area (Å²) in [6.07, 6.45) is 4.07. The summed E-state index contributed by atoms with van der Waals surface area (Å²) in [5.74, 6) is 0.737. The van der Waals surface area contributed by atoms with Crippen molar-refractivity contribution in [2.75, 3.05) is 12.9 Å². The average molecular weight is 337 g/mol. The molecule has 23 heavy (non-hydrogen) atoms. The van der Waals surface area contributed by atoms with Gasteiger partial charge in [0, 0.05) is 36.8 Å². The molecule has 1 aliphatic carbocycles. The van der Waals surface area contributed by atoms with E-state index >= 15 is 0 Å². The lowest BCUT2D eigenvalue weighted by atomic mass is 9.55. The van der Waals surface area contributed by atoms with Gasteiger partial charge in [0.1, 0.15) is 0 Å². The molecule has 3 atom stereocenters. The number of fused-ring (bicyclic) bond motifs is 1. The van der Waals surface area contributed by atoms with Crippen molar-refractivity contribution < 1.29 is 13.2 Å². The van der Waals surface area contributed by atoms with E-state index < -0.39 is 9.84 Å². The van der Waals surface area contributed by atoms with Gasteiger partial charge < -0.3 is 10.1 Å². The van der Waals surface area contributed by atoms with Crippen molar-refractivity contribution in [3.8, 4) is 0 Å². The molecule has 128 valence electrons. The molecule has 2 aliphatic rings. The van der Waals surface area contributed by atoms with E-state index in [1.54, 1.807) is 0 Å². The summed E-state index contributed by atoms with van der Waals surface area (Å²) < 4.78 is 28.6. The largest absolute Gasteiger partial charge is 0.377 e. The summed E-state index contributed by atoms with van der Waals surface area (Å²) in [5, 5.41) is 3.69. The second-order valence-electron chi connectivity index (χ2n) is 7.66. The van der Waals surface area contributed by atoms with E-state index in [-0.39, 0.29) is 11.2 Å². The van der Waals surface area contributed by atoms with Crippen LogP contribution >= 0.6 is 0 Å². The van der Waals surface area contributed by atoms with Gasteiger partial charge in [-0.15, -0.1) is 0 Å². The lowest BCUT2D eigenvalue weighted by Gasteiger charge is -2.60. The fourth-order valence-corrected chi connectivity index (χ4v) is 5.02. The summed E-state index contributed by atoms with van der Waals surface area (Å²) >= 11 is 0. The van der Waals surface area contributed by atoms with E-state index in [9.17, 15) is 8.42 Å². The summed E-state index contributed by atoms with van der Waals surface area (Å²) in [7, 11) is -2.97. The minimum absolute atomic E-state index is 0.109. The van der Waals surface area contributed by atoms with E-state index in [0.717, 1.165) is 25.1 Å². The molecule has 1 N–H and O–H groups in total. The van der Waals surface area contributed by atoms with Crippen LogP contribution in [0.1, 0.15) is 37.8 Å². The Bertz CT molecular complexity index is 651. The molecule has 3 rings (SSSR count). The van der Waals surface area contributed by atoms with Crippen LogP contribution in [0.2, 0.25) is 0 Å². The van der Waals surface area contributed by atoms with Crippen molar-refractivity contribution in [1.29, 1.82) is 0 Å². The van der Waals surface area contributed by atoms with Crippen molar-refractivity contribution in [3.05, 3.63) is 35.4 Å². The number of ether oxygens (including phenoxy) is 1. The fourth-order valence-electron chi connectivity index (χ4n) is 4.22. The molecular weight excluding hydrogens is 310 g/mol. The SMILES string of the molecule is CC1(C)C(NCc2ccc(CS(C)(=O)=O)cc2)C2CCCOC21. The summed E-state index contributed by atoms with van der Waals surface area (Å²) in [6, 6.07) is 8.36. The molecule has 3 unspecified atom stereocenters. The topological polar surface area (TPSA) is 55.4 Å². The third kappa shape index (κ3) is 3.62. The van der Waals surface area contributed by atoms with E-state index in [1.807, 2.05) is 24.3 Å². The maximum absolute atomic E-state index is 11.3. The molecule has 0 spiro atoms. The lowest BCUT2D eigenvalue weighted by molar-refractivity contribution is -0.192. The molecule has 0 radical (unpaired) electrons. The van der Waals surface area contributed by atoms with Gasteiger partial charge in [-0.2, -0.15) is 0 Å². The average Bonchev–Trinajstić information content (AvgIpc) is 2.47. The maximum Gasteiger partial charge on any atom is 0.151 e. The standard InChI is InChI=1S/C18H27NO3S/c1-18(2)16(15-5-4-10-22-17(15)18)19-11-13-6-8-14(9-7-13)12-23(3,20)21/h6-9,15-17,19H,4-5,10-12H2,1-3H3. The zero-order chi connectivity index (χ0) is 16.7. The van der Waals surface area contributed by atoms with Gasteiger partial charge >= 0.3 is 0 Å². The molecule has 1 saturated carbocycles. The Labute approximate surface area is 139 Å². The first-order valence-corrected chi connectivity index (χ1v) is 10.4. The summed E-state index contributed by atoms with van der Waals surface area (Å²) in [6.45, 7) is 6.29. The van der Waals surface area contributed by atoms with Crippen LogP contribution in [0, 0.1) is 11.3 Å². The normalized spacial score (nSPS) is 29.6. The van der Waals surface area contributed by atoms with Crippen molar-refractivity contribution >= 4 is 9.84 Å². The van der Waals surface area contributed by atoms with E-state index in [0.29, 0.717) is 18.1 Å². The molecular formula is C18H27NO3S. The second kappa shape index (κ2) is 6.19. The van der Waals surface area contributed by atoms with Gasteiger partial charge in [-0.3, -0.25) is 0 Å². The van der Waals surface area contributed by atoms with Crippen molar-refractivity contribution in [3.63, 3.8) is 0 Å². The van der Waals surface area contributed by atoms with Crippen molar-refractivity contribution in [2.24, 2.45) is 11.3 Å². The van der Waals surface area contributed by atoms with Crippen LogP contribution in [-0.2, 0) is 26.9 Å². The zero-order valence-corrected chi connectivity index (χ0v) is 15.0. The molecule has 0 aromatic heterocycles. The summed E-state index contributed by atoms with van der Waals surface area (Å²) in [4.78, 5) is 0. The van der Waals surface area contributed by atoms with Crippen LogP contribution in [-0.4, -0.2) is 33.4 Å². The van der Waals surface area contributed by atoms with Gasteiger partial charge in [0.2, 0.25) is 0 Å². The summed E-state index contributed by atoms with van der Waals surface area (Å²) in [5.41, 5.74) is 2.22. The first-order valence-electron chi connectivity index (χ1n) is 8.38. The van der Waals surface area contributed by atoms with Gasteiger partial charge in [0.05, 0.1) is 11.9 Å². The van der Waals surface area contributed by atoms with Gasteiger partial charge in [-0.05, 0) is 24.0 Å². The molecule has 0 amide bonds. The zero-order valence-electron chi connectivity index (χ0n) is 14.2. The van der Waals surface area contributed by atoms with E-state index in [2.05, 4.69) is 19.2 Å². The molecule has 1 aliphatic heterocycles. The predicted octanol–water partition coefficient (Wildman–Crippen LogP) is 2.52. The smallest absolute Gasteiger partial charge is 0.151 e. The fraction of sp³-hybridized carbons (Fsp3) is 0.667. The van der Waals surface area contributed by atoms with Crippen molar-refractivity contribution in [2.45, 2.75) is 51.1 Å². The molecule has 1 aromatic rings. The highest BCUT2D eigenvalue weighted by Gasteiger charge is 2.57. The minimum atomic E-state index is -2.97. The van der Waals surface area contributed by atoms with Crippen LogP contribution in [0.15, 0.2) is 24.3 Å². The van der Waals surface area contributed by atoms with E-state index in [1.165, 1.54) is 18.2 Å². The number of sulfone groups is 1. The quantitative estimate of drug-likeness (QED) is 0.897. The maximum atomic E-state index is 11.3. The first kappa shape index (κ1) is 16.9. The van der Waals surface area contributed by atoms with Gasteiger partial charge in [-0.1, -0.05) is 38.1 Å². The number of rotatable bonds is 5. The molecule has 1 heterocycles. The molecule has 4 nitrogen and oxygen atoms in total. The van der Waals surface area contributed by atoms with Gasteiger partial charge in [0.15, 0.2) is 9.84 Å². The highest BCUT2D eigenvalue weighted by Crippen LogP contribution is 2.51. The molecule has 5 heteroatoms. The Morgan fingerprint density at radius 1 is 1.22 bits per heavy atom. The number of hydrogen-bond donors (Lipinski definition) is 1. The second-order valence-corrected chi connectivity index (χ2v) is 9.80. The Morgan fingerprint density at radius 3 is 2.52 bits per heavy atom. The van der Waals surface area contributed by atoms with Gasteiger partial charge in [0.25, 0.3) is 0 Å². The Morgan fingerprint density at radius 2 is 1.87 bits per heavy atom. The number of nitrogens with one attached hydrogen (secondary N) is 1. The Kier molecular flexibility index (Phi) is 4.55. The first-order chi connectivity index (χ1) is 10.8. The minimum Gasteiger partial charge on any atom is -0.377 e. The third-order valence-corrected chi connectivity index (χ3v) is 6.17. The Balaban J connectivity index is 1.58. The Hall–Kier alpha value is -0.910. The van der Waals surface area contributed by atoms with Crippen LogP contribution in [0.25, 0.3) is 0 Å². The van der Waals surface area contributed by atoms with Crippen LogP contribution in [0.5, 0.6) is 0 Å². The highest BCUT2D eigenvalue weighted by molar-refractivity contribution is 7.89. The molecule has 2 fully saturated rings. The predicted molar refractivity (Wildman–Crippen MR) is 91.9 cm³/mol. The van der Waals surface area contributed by atoms with Crippen molar-refractivity contribution in [1.82, 2.24) is 5.32 Å². The van der Waals surface area contributed by atoms with Crippen LogP contribution in [0.3, 0.4) is 0 Å². The van der Waals surface area contributed by atoms with E-state index in [4.69, 9.17) is 4.74 Å². The monoisotopic (exact) mass is 337 g/mol. The molecule has 0 bridgehead atoms. The van der Waals surface area contributed by atoms with Gasteiger partial charge in [-0.25, -0.2) is 8.42 Å². The highest BCUT2D eigenvalue weighted by atomic mass is 32.2. The number of benzene rings is 1. The molecule has 1 saturated heterocycles. The third-order valence-electron chi connectivity index (χ3n) is 5.31. The number of hydrogen-bond acceptors (Lipinski definition) is 4. The lowest BCUT2D eigenvalue weighted by Crippen LogP contribution is -2.69.